The molecule has 0 unspecified atom stereocenters. The third-order valence-electron chi connectivity index (χ3n) is 6.12. The monoisotopic (exact) mass is 448 g/mol. The van der Waals surface area contributed by atoms with Crippen molar-refractivity contribution in [2.75, 3.05) is 32.7 Å². The summed E-state index contributed by atoms with van der Waals surface area (Å²) < 4.78 is 42.0. The first-order valence-corrected chi connectivity index (χ1v) is 10.6. The minimum absolute atomic E-state index is 0.322. The van der Waals surface area contributed by atoms with Gasteiger partial charge in [-0.3, -0.25) is 9.69 Å². The van der Waals surface area contributed by atoms with Crippen LogP contribution in [0.2, 0.25) is 0 Å². The highest BCUT2D eigenvalue weighted by Gasteiger charge is 2.36. The summed E-state index contributed by atoms with van der Waals surface area (Å²) in [6.07, 6.45) is -3.27. The molecule has 2 aliphatic heterocycles. The SMILES string of the molecule is Cc1ccc2c(c1)Cn1cc(C(F)(F)F)cc1C(N1CCN(CC(C)(C)C(=O)O)CC1)=N2. The fourth-order valence-electron chi connectivity index (χ4n) is 4.27. The summed E-state index contributed by atoms with van der Waals surface area (Å²) in [5.41, 5.74) is 1.57. The Morgan fingerprint density at radius 1 is 1.12 bits per heavy atom. The van der Waals surface area contributed by atoms with Gasteiger partial charge in [-0.2, -0.15) is 13.2 Å². The zero-order valence-electron chi connectivity index (χ0n) is 18.4. The maximum atomic E-state index is 13.5. The summed E-state index contributed by atoms with van der Waals surface area (Å²) >= 11 is 0. The van der Waals surface area contributed by atoms with Gasteiger partial charge in [-0.25, -0.2) is 4.99 Å². The van der Waals surface area contributed by atoms with Crippen LogP contribution in [0.3, 0.4) is 0 Å². The second-order valence-electron chi connectivity index (χ2n) is 9.26. The van der Waals surface area contributed by atoms with Gasteiger partial charge in [0.05, 0.1) is 22.4 Å². The molecule has 0 aliphatic carbocycles. The van der Waals surface area contributed by atoms with E-state index in [1.165, 1.54) is 6.07 Å². The van der Waals surface area contributed by atoms with Crippen molar-refractivity contribution in [1.29, 1.82) is 0 Å². The number of nitrogens with zero attached hydrogens (tertiary/aromatic N) is 4. The zero-order valence-corrected chi connectivity index (χ0v) is 18.4. The average molecular weight is 448 g/mol. The highest BCUT2D eigenvalue weighted by molar-refractivity contribution is 6.00. The van der Waals surface area contributed by atoms with E-state index in [4.69, 9.17) is 4.99 Å². The number of alkyl halides is 3. The highest BCUT2D eigenvalue weighted by atomic mass is 19.4. The molecule has 0 spiro atoms. The molecule has 1 aromatic heterocycles. The summed E-state index contributed by atoms with van der Waals surface area (Å²) in [6.45, 7) is 8.42. The molecule has 1 saturated heterocycles. The summed E-state index contributed by atoms with van der Waals surface area (Å²) in [5, 5.41) is 9.40. The Balaban J connectivity index is 1.64. The Kier molecular flexibility index (Phi) is 5.56. The molecule has 9 heteroatoms. The summed E-state index contributed by atoms with van der Waals surface area (Å²) in [7, 11) is 0. The molecule has 172 valence electrons. The maximum absolute atomic E-state index is 13.5. The topological polar surface area (TPSA) is 61.1 Å². The zero-order chi connectivity index (χ0) is 23.3. The number of aliphatic carboxylic acids is 1. The van der Waals surface area contributed by atoms with Crippen molar-refractivity contribution in [3.8, 4) is 0 Å². The molecule has 2 aliphatic rings. The Morgan fingerprint density at radius 2 is 1.81 bits per heavy atom. The second-order valence-corrected chi connectivity index (χ2v) is 9.26. The Morgan fingerprint density at radius 3 is 2.44 bits per heavy atom. The van der Waals surface area contributed by atoms with Crippen LogP contribution >= 0.6 is 0 Å². The number of carboxylic acids is 1. The molecule has 0 radical (unpaired) electrons. The third kappa shape index (κ3) is 4.39. The van der Waals surface area contributed by atoms with E-state index in [1.54, 1.807) is 18.4 Å². The number of carbonyl (C=O) groups is 1. The van der Waals surface area contributed by atoms with Crippen molar-refractivity contribution in [2.45, 2.75) is 33.5 Å². The normalized spacial score (nSPS) is 17.4. The molecule has 1 fully saturated rings. The number of fused-ring (bicyclic) bond motifs is 2. The van der Waals surface area contributed by atoms with Gasteiger partial charge in [0.2, 0.25) is 0 Å². The number of rotatable bonds is 3. The fraction of sp³-hybridized carbons (Fsp3) is 0.478. The smallest absolute Gasteiger partial charge is 0.417 e. The molecule has 0 bridgehead atoms. The van der Waals surface area contributed by atoms with Gasteiger partial charge < -0.3 is 14.6 Å². The lowest BCUT2D eigenvalue weighted by Gasteiger charge is -2.38. The van der Waals surface area contributed by atoms with Crippen LogP contribution in [0, 0.1) is 12.3 Å². The largest absolute Gasteiger partial charge is 0.481 e. The summed E-state index contributed by atoms with van der Waals surface area (Å²) in [6, 6.07) is 7.00. The van der Waals surface area contributed by atoms with E-state index in [0.717, 1.165) is 23.0 Å². The molecule has 0 atom stereocenters. The van der Waals surface area contributed by atoms with Gasteiger partial charge in [0.25, 0.3) is 0 Å². The van der Waals surface area contributed by atoms with Gasteiger partial charge in [-0.15, -0.1) is 0 Å². The molecule has 32 heavy (non-hydrogen) atoms. The molecule has 0 saturated carbocycles. The Bertz CT molecular complexity index is 1060. The fourth-order valence-corrected chi connectivity index (χ4v) is 4.27. The van der Waals surface area contributed by atoms with E-state index < -0.39 is 23.1 Å². The molecule has 1 N–H and O–H groups in total. The van der Waals surface area contributed by atoms with Crippen LogP contribution in [0.4, 0.5) is 18.9 Å². The van der Waals surface area contributed by atoms with Crippen LogP contribution in [0.5, 0.6) is 0 Å². The van der Waals surface area contributed by atoms with Gasteiger partial charge in [-0.05, 0) is 38.5 Å². The number of aryl methyl sites for hydroxylation is 1. The number of hydrogen-bond acceptors (Lipinski definition) is 4. The number of piperazine rings is 1. The first-order chi connectivity index (χ1) is 14.9. The molecule has 1 aromatic carbocycles. The molecule has 6 nitrogen and oxygen atoms in total. The van der Waals surface area contributed by atoms with Gasteiger partial charge >= 0.3 is 12.1 Å². The lowest BCUT2D eigenvalue weighted by atomic mass is 9.93. The number of halogens is 3. The van der Waals surface area contributed by atoms with Crippen molar-refractivity contribution in [2.24, 2.45) is 10.4 Å². The second kappa shape index (κ2) is 7.95. The number of benzene rings is 1. The maximum Gasteiger partial charge on any atom is 0.417 e. The number of aliphatic imine (C=N–C) groups is 1. The number of carboxylic acid groups (broad SMARTS) is 1. The van der Waals surface area contributed by atoms with Crippen molar-refractivity contribution >= 4 is 17.5 Å². The van der Waals surface area contributed by atoms with Crippen LogP contribution in [0.25, 0.3) is 0 Å². The van der Waals surface area contributed by atoms with Crippen molar-refractivity contribution in [1.82, 2.24) is 14.4 Å². The van der Waals surface area contributed by atoms with Gasteiger partial charge in [0, 0.05) is 45.5 Å². The van der Waals surface area contributed by atoms with Crippen molar-refractivity contribution < 1.29 is 23.1 Å². The van der Waals surface area contributed by atoms with E-state index in [9.17, 15) is 23.1 Å². The van der Waals surface area contributed by atoms with E-state index in [2.05, 4.69) is 4.90 Å². The average Bonchev–Trinajstić information content (AvgIpc) is 3.06. The van der Waals surface area contributed by atoms with E-state index in [-0.39, 0.29) is 0 Å². The van der Waals surface area contributed by atoms with Gasteiger partial charge in [-0.1, -0.05) is 17.7 Å². The Hall–Kier alpha value is -2.81. The van der Waals surface area contributed by atoms with E-state index in [1.807, 2.05) is 30.0 Å². The minimum Gasteiger partial charge on any atom is -0.481 e. The lowest BCUT2D eigenvalue weighted by Crippen LogP contribution is -2.52. The van der Waals surface area contributed by atoms with Gasteiger partial charge in [0.15, 0.2) is 5.84 Å². The van der Waals surface area contributed by atoms with Crippen molar-refractivity contribution in [3.63, 3.8) is 0 Å². The molecular weight excluding hydrogens is 421 g/mol. The number of amidine groups is 1. The molecule has 4 rings (SSSR count). The minimum atomic E-state index is -4.43. The summed E-state index contributed by atoms with van der Waals surface area (Å²) in [4.78, 5) is 20.4. The van der Waals surface area contributed by atoms with E-state index >= 15 is 0 Å². The number of hydrogen-bond donors (Lipinski definition) is 1. The molecular formula is C23H27F3N4O2. The molecule has 2 aromatic rings. The first-order valence-electron chi connectivity index (χ1n) is 10.6. The number of aromatic nitrogens is 1. The lowest BCUT2D eigenvalue weighted by molar-refractivity contribution is -0.148. The van der Waals surface area contributed by atoms with E-state index in [0.29, 0.717) is 50.8 Å². The van der Waals surface area contributed by atoms with Crippen LogP contribution < -0.4 is 0 Å². The predicted octanol–water partition coefficient (Wildman–Crippen LogP) is 3.98. The molecule has 0 amide bonds. The van der Waals surface area contributed by atoms with Crippen LogP contribution in [-0.4, -0.2) is 64.0 Å². The predicted molar refractivity (Wildman–Crippen MR) is 115 cm³/mol. The van der Waals surface area contributed by atoms with Crippen LogP contribution in [0.15, 0.2) is 35.5 Å². The Labute approximate surface area is 185 Å². The standard InChI is InChI=1S/C23H27F3N4O2/c1-15-4-5-18-16(10-15)12-30-13-17(23(24,25)26)11-19(30)20(27-18)29-8-6-28(7-9-29)14-22(2,3)21(31)32/h4-5,10-11,13H,6-9,12,14H2,1-3H3,(H,31,32). The van der Waals surface area contributed by atoms with Gasteiger partial charge in [0.1, 0.15) is 0 Å². The van der Waals surface area contributed by atoms with Crippen LogP contribution in [-0.2, 0) is 17.5 Å². The van der Waals surface area contributed by atoms with Crippen LogP contribution in [0.1, 0.15) is 36.2 Å². The molecule has 3 heterocycles. The quantitative estimate of drug-likeness (QED) is 0.772. The van der Waals surface area contributed by atoms with Crippen molar-refractivity contribution in [3.05, 3.63) is 52.8 Å². The summed E-state index contributed by atoms with van der Waals surface area (Å²) in [5.74, 6) is -0.322. The first kappa shape index (κ1) is 22.4. The highest BCUT2D eigenvalue weighted by Crippen LogP contribution is 2.34. The third-order valence-corrected chi connectivity index (χ3v) is 6.12.